The Bertz CT molecular complexity index is 512. The van der Waals surface area contributed by atoms with Gasteiger partial charge in [0.25, 0.3) is 0 Å². The van der Waals surface area contributed by atoms with E-state index < -0.39 is 0 Å². The Labute approximate surface area is 131 Å². The predicted octanol–water partition coefficient (Wildman–Crippen LogP) is 3.76. The fourth-order valence-electron chi connectivity index (χ4n) is 3.58. The molecule has 1 aromatic heterocycles. The van der Waals surface area contributed by atoms with Crippen LogP contribution in [0.25, 0.3) is 0 Å². The number of aromatic nitrogens is 2. The average Bonchev–Trinajstić information content (AvgIpc) is 2.94. The second-order valence-electron chi connectivity index (χ2n) is 8.25. The van der Waals surface area contributed by atoms with Crippen molar-refractivity contribution in [3.8, 4) is 0 Å². The summed E-state index contributed by atoms with van der Waals surface area (Å²) in [5.41, 5.74) is -0.00572. The maximum absolute atomic E-state index is 6.46. The third kappa shape index (κ3) is 3.09. The lowest BCUT2D eigenvalue weighted by molar-refractivity contribution is -0.148. The van der Waals surface area contributed by atoms with Gasteiger partial charge in [0.05, 0.1) is 11.2 Å². The molecule has 2 heterocycles. The largest absolute Gasteiger partial charge is 0.365 e. The summed E-state index contributed by atoms with van der Waals surface area (Å²) >= 11 is 1.74. The first-order valence-electron chi connectivity index (χ1n) is 7.98. The first-order chi connectivity index (χ1) is 9.69. The second-order valence-corrected chi connectivity index (χ2v) is 9.20. The standard InChI is InChI=1S/C16H27N3OS/c1-14(2,3)12-17-18-13(21-12)19-10-15(4,5)20-16(11-19)8-6-7-9-16/h6-11H2,1-5H3. The number of hydrogen-bond acceptors (Lipinski definition) is 5. The minimum absolute atomic E-state index is 0.0370. The van der Waals surface area contributed by atoms with Crippen molar-refractivity contribution in [2.45, 2.75) is 76.9 Å². The highest BCUT2D eigenvalue weighted by molar-refractivity contribution is 7.15. The first-order valence-corrected chi connectivity index (χ1v) is 8.80. The number of hydrogen-bond donors (Lipinski definition) is 0. The Morgan fingerprint density at radius 3 is 2.33 bits per heavy atom. The van der Waals surface area contributed by atoms with Crippen LogP contribution in [-0.2, 0) is 10.2 Å². The zero-order valence-electron chi connectivity index (χ0n) is 13.9. The molecular formula is C16H27N3OS. The van der Waals surface area contributed by atoms with Gasteiger partial charge in [-0.2, -0.15) is 0 Å². The normalized spacial score (nSPS) is 24.7. The summed E-state index contributed by atoms with van der Waals surface area (Å²) in [5, 5.41) is 11.0. The van der Waals surface area contributed by atoms with E-state index in [1.807, 2.05) is 0 Å². The summed E-state index contributed by atoms with van der Waals surface area (Å²) in [6.45, 7) is 12.8. The molecule has 1 saturated carbocycles. The lowest BCUT2D eigenvalue weighted by Gasteiger charge is -2.48. The van der Waals surface area contributed by atoms with E-state index in [2.05, 4.69) is 49.7 Å². The van der Waals surface area contributed by atoms with Gasteiger partial charge in [-0.3, -0.25) is 0 Å². The minimum atomic E-state index is -0.115. The lowest BCUT2D eigenvalue weighted by Crippen LogP contribution is -2.58. The van der Waals surface area contributed by atoms with E-state index in [1.165, 1.54) is 25.7 Å². The lowest BCUT2D eigenvalue weighted by atomic mass is 9.94. The fraction of sp³-hybridized carbons (Fsp3) is 0.875. The number of ether oxygens (including phenoxy) is 1. The molecule has 1 spiro atoms. The highest BCUT2D eigenvalue weighted by Gasteiger charge is 2.46. The van der Waals surface area contributed by atoms with Crippen molar-refractivity contribution in [2.24, 2.45) is 0 Å². The number of nitrogens with zero attached hydrogens (tertiary/aromatic N) is 3. The van der Waals surface area contributed by atoms with Crippen LogP contribution in [0.4, 0.5) is 5.13 Å². The molecule has 21 heavy (non-hydrogen) atoms. The van der Waals surface area contributed by atoms with Gasteiger partial charge in [0.2, 0.25) is 5.13 Å². The number of morpholine rings is 1. The molecule has 1 aliphatic carbocycles. The monoisotopic (exact) mass is 309 g/mol. The third-order valence-corrected chi connectivity index (χ3v) is 5.79. The van der Waals surface area contributed by atoms with E-state index in [0.29, 0.717) is 0 Å². The van der Waals surface area contributed by atoms with Gasteiger partial charge in [0.15, 0.2) is 0 Å². The zero-order chi connectivity index (χ0) is 15.3. The summed E-state index contributed by atoms with van der Waals surface area (Å²) < 4.78 is 6.46. The summed E-state index contributed by atoms with van der Waals surface area (Å²) in [5.74, 6) is 0. The molecule has 2 aliphatic rings. The maximum atomic E-state index is 6.46. The molecule has 0 atom stereocenters. The summed E-state index contributed by atoms with van der Waals surface area (Å²) in [7, 11) is 0. The van der Waals surface area contributed by atoms with E-state index in [0.717, 1.165) is 23.2 Å². The molecule has 1 saturated heterocycles. The van der Waals surface area contributed by atoms with Crippen molar-refractivity contribution in [1.82, 2.24) is 10.2 Å². The highest BCUT2D eigenvalue weighted by atomic mass is 32.1. The molecular weight excluding hydrogens is 282 g/mol. The number of rotatable bonds is 1. The SMILES string of the molecule is CC1(C)CN(c2nnc(C(C)(C)C)s2)CC2(CCCC2)O1. The van der Waals surface area contributed by atoms with Crippen LogP contribution < -0.4 is 4.90 Å². The predicted molar refractivity (Wildman–Crippen MR) is 87.2 cm³/mol. The van der Waals surface area contributed by atoms with Crippen LogP contribution in [0.1, 0.15) is 65.3 Å². The van der Waals surface area contributed by atoms with Gasteiger partial charge in [0, 0.05) is 18.5 Å². The van der Waals surface area contributed by atoms with E-state index >= 15 is 0 Å². The van der Waals surface area contributed by atoms with Crippen LogP contribution in [0.5, 0.6) is 0 Å². The Balaban J connectivity index is 1.85. The Morgan fingerprint density at radius 2 is 1.76 bits per heavy atom. The topological polar surface area (TPSA) is 38.2 Å². The maximum Gasteiger partial charge on any atom is 0.208 e. The van der Waals surface area contributed by atoms with Gasteiger partial charge in [-0.05, 0) is 26.7 Å². The molecule has 0 radical (unpaired) electrons. The first kappa shape index (κ1) is 15.2. The Hall–Kier alpha value is -0.680. The molecule has 118 valence electrons. The molecule has 0 N–H and O–H groups in total. The van der Waals surface area contributed by atoms with Crippen molar-refractivity contribution in [2.75, 3.05) is 18.0 Å². The van der Waals surface area contributed by atoms with Gasteiger partial charge in [-0.1, -0.05) is 44.9 Å². The molecule has 0 bridgehead atoms. The van der Waals surface area contributed by atoms with E-state index in [4.69, 9.17) is 4.74 Å². The van der Waals surface area contributed by atoms with Crippen molar-refractivity contribution in [3.05, 3.63) is 5.01 Å². The number of anilines is 1. The summed E-state index contributed by atoms with van der Waals surface area (Å²) in [6.07, 6.45) is 4.93. The average molecular weight is 309 g/mol. The van der Waals surface area contributed by atoms with Crippen LogP contribution >= 0.6 is 11.3 Å². The van der Waals surface area contributed by atoms with Gasteiger partial charge < -0.3 is 9.64 Å². The summed E-state index contributed by atoms with van der Waals surface area (Å²) in [6, 6.07) is 0. The van der Waals surface area contributed by atoms with Crippen LogP contribution in [0.3, 0.4) is 0 Å². The molecule has 0 amide bonds. The Morgan fingerprint density at radius 1 is 1.10 bits per heavy atom. The van der Waals surface area contributed by atoms with Gasteiger partial charge in [-0.25, -0.2) is 0 Å². The molecule has 4 nitrogen and oxygen atoms in total. The molecule has 0 unspecified atom stereocenters. The van der Waals surface area contributed by atoms with Gasteiger partial charge in [0.1, 0.15) is 5.01 Å². The highest BCUT2D eigenvalue weighted by Crippen LogP contribution is 2.42. The van der Waals surface area contributed by atoms with Crippen molar-refractivity contribution in [1.29, 1.82) is 0 Å². The zero-order valence-corrected chi connectivity index (χ0v) is 14.7. The fourth-order valence-corrected chi connectivity index (χ4v) is 4.48. The third-order valence-electron chi connectivity index (χ3n) is 4.38. The van der Waals surface area contributed by atoms with Gasteiger partial charge >= 0.3 is 0 Å². The van der Waals surface area contributed by atoms with Crippen LogP contribution in [0, 0.1) is 0 Å². The molecule has 1 aromatic rings. The van der Waals surface area contributed by atoms with Crippen LogP contribution in [-0.4, -0.2) is 34.5 Å². The summed E-state index contributed by atoms with van der Waals surface area (Å²) in [4.78, 5) is 2.40. The minimum Gasteiger partial charge on any atom is -0.365 e. The quantitative estimate of drug-likeness (QED) is 0.791. The van der Waals surface area contributed by atoms with Crippen LogP contribution in [0.15, 0.2) is 0 Å². The smallest absolute Gasteiger partial charge is 0.208 e. The van der Waals surface area contributed by atoms with Gasteiger partial charge in [-0.15, -0.1) is 10.2 Å². The van der Waals surface area contributed by atoms with E-state index in [-0.39, 0.29) is 16.6 Å². The van der Waals surface area contributed by atoms with E-state index in [9.17, 15) is 0 Å². The van der Waals surface area contributed by atoms with Crippen LogP contribution in [0.2, 0.25) is 0 Å². The molecule has 1 aliphatic heterocycles. The van der Waals surface area contributed by atoms with E-state index in [1.54, 1.807) is 11.3 Å². The molecule has 5 heteroatoms. The molecule has 2 fully saturated rings. The van der Waals surface area contributed by atoms with Crippen molar-refractivity contribution < 1.29 is 4.74 Å². The second kappa shape index (κ2) is 4.92. The molecule has 0 aromatic carbocycles. The van der Waals surface area contributed by atoms with Crippen molar-refractivity contribution in [3.63, 3.8) is 0 Å². The molecule has 3 rings (SSSR count). The van der Waals surface area contributed by atoms with Crippen molar-refractivity contribution >= 4 is 16.5 Å². The Kier molecular flexibility index (Phi) is 3.56.